The summed E-state index contributed by atoms with van der Waals surface area (Å²) in [6.07, 6.45) is -6.54. The number of halogens is 3. The maximum atomic E-state index is 12.6. The summed E-state index contributed by atoms with van der Waals surface area (Å²) < 4.78 is 37.9. The molecule has 0 saturated heterocycles. The summed E-state index contributed by atoms with van der Waals surface area (Å²) in [5.41, 5.74) is -1.23. The molecule has 0 heterocycles. The molecule has 1 rings (SSSR count). The highest BCUT2D eigenvalue weighted by molar-refractivity contribution is 5.67. The SMILES string of the molecule is NOC(CC(=O)O)c1ccccc1C(F)(F)F. The van der Waals surface area contributed by atoms with Crippen LogP contribution in [0.15, 0.2) is 24.3 Å². The van der Waals surface area contributed by atoms with Gasteiger partial charge in [0.2, 0.25) is 0 Å². The fraction of sp³-hybridized carbons (Fsp3) is 0.300. The molecule has 0 bridgehead atoms. The number of hydrogen-bond acceptors (Lipinski definition) is 3. The lowest BCUT2D eigenvalue weighted by Crippen LogP contribution is -2.18. The summed E-state index contributed by atoms with van der Waals surface area (Å²) in [4.78, 5) is 14.8. The van der Waals surface area contributed by atoms with Gasteiger partial charge in [-0.15, -0.1) is 0 Å². The Hall–Kier alpha value is -1.60. The number of carboxylic acids is 1. The molecule has 0 aromatic heterocycles. The van der Waals surface area contributed by atoms with Crippen molar-refractivity contribution in [1.29, 1.82) is 0 Å². The predicted octanol–water partition coefficient (Wildman–Crippen LogP) is 2.11. The molecule has 17 heavy (non-hydrogen) atoms. The number of aliphatic carboxylic acids is 1. The molecule has 4 nitrogen and oxygen atoms in total. The van der Waals surface area contributed by atoms with Crippen LogP contribution in [-0.2, 0) is 15.8 Å². The molecule has 0 aliphatic carbocycles. The third-order valence-electron chi connectivity index (χ3n) is 2.14. The number of nitrogens with two attached hydrogens (primary N) is 1. The van der Waals surface area contributed by atoms with Gasteiger partial charge in [-0.1, -0.05) is 18.2 Å². The van der Waals surface area contributed by atoms with Crippen LogP contribution < -0.4 is 5.90 Å². The molecule has 0 aliphatic rings. The monoisotopic (exact) mass is 249 g/mol. The fourth-order valence-electron chi connectivity index (χ4n) is 1.43. The predicted molar refractivity (Wildman–Crippen MR) is 51.7 cm³/mol. The van der Waals surface area contributed by atoms with Crippen LogP contribution in [0.1, 0.15) is 23.7 Å². The maximum absolute atomic E-state index is 12.6. The Morgan fingerprint density at radius 1 is 1.41 bits per heavy atom. The van der Waals surface area contributed by atoms with E-state index >= 15 is 0 Å². The second-order valence-electron chi connectivity index (χ2n) is 3.31. The number of carbonyl (C=O) groups is 1. The van der Waals surface area contributed by atoms with E-state index in [1.807, 2.05) is 0 Å². The lowest BCUT2D eigenvalue weighted by molar-refractivity contribution is -0.144. The second-order valence-corrected chi connectivity index (χ2v) is 3.31. The molecule has 1 aromatic rings. The summed E-state index contributed by atoms with van der Waals surface area (Å²) in [5.74, 6) is 3.54. The highest BCUT2D eigenvalue weighted by atomic mass is 19.4. The zero-order chi connectivity index (χ0) is 13.1. The summed E-state index contributed by atoms with van der Waals surface area (Å²) in [6.45, 7) is 0. The Balaban J connectivity index is 3.15. The zero-order valence-electron chi connectivity index (χ0n) is 8.57. The second kappa shape index (κ2) is 5.15. The molecule has 0 fully saturated rings. The van der Waals surface area contributed by atoms with Crippen molar-refractivity contribution in [2.45, 2.75) is 18.7 Å². The lowest BCUT2D eigenvalue weighted by Gasteiger charge is -2.18. The third-order valence-corrected chi connectivity index (χ3v) is 2.14. The van der Waals surface area contributed by atoms with Gasteiger partial charge in [-0.25, -0.2) is 5.90 Å². The zero-order valence-corrected chi connectivity index (χ0v) is 8.57. The Labute approximate surface area is 94.8 Å². The number of carboxylic acid groups (broad SMARTS) is 1. The first-order valence-electron chi connectivity index (χ1n) is 4.59. The number of rotatable bonds is 4. The van der Waals surface area contributed by atoms with Crippen molar-refractivity contribution in [2.75, 3.05) is 0 Å². The van der Waals surface area contributed by atoms with Crippen LogP contribution in [0.2, 0.25) is 0 Å². The van der Waals surface area contributed by atoms with Crippen LogP contribution in [0.5, 0.6) is 0 Å². The van der Waals surface area contributed by atoms with Crippen molar-refractivity contribution in [2.24, 2.45) is 5.90 Å². The van der Waals surface area contributed by atoms with Crippen molar-refractivity contribution >= 4 is 5.97 Å². The first-order chi connectivity index (χ1) is 7.86. The summed E-state index contributed by atoms with van der Waals surface area (Å²) in [5, 5.41) is 8.55. The normalized spacial score (nSPS) is 13.4. The molecular weight excluding hydrogens is 239 g/mol. The smallest absolute Gasteiger partial charge is 0.416 e. The number of hydrogen-bond donors (Lipinski definition) is 2. The average Bonchev–Trinajstić information content (AvgIpc) is 2.24. The van der Waals surface area contributed by atoms with Crippen molar-refractivity contribution in [1.82, 2.24) is 0 Å². The maximum Gasteiger partial charge on any atom is 0.416 e. The average molecular weight is 249 g/mol. The van der Waals surface area contributed by atoms with Gasteiger partial charge in [-0.2, -0.15) is 13.2 Å². The minimum Gasteiger partial charge on any atom is -0.481 e. The largest absolute Gasteiger partial charge is 0.481 e. The van der Waals surface area contributed by atoms with E-state index in [1.165, 1.54) is 12.1 Å². The van der Waals surface area contributed by atoms with Crippen LogP contribution in [-0.4, -0.2) is 11.1 Å². The van der Waals surface area contributed by atoms with E-state index in [0.717, 1.165) is 12.1 Å². The minimum absolute atomic E-state index is 0.287. The molecule has 0 amide bonds. The van der Waals surface area contributed by atoms with Gasteiger partial charge in [0.15, 0.2) is 0 Å². The van der Waals surface area contributed by atoms with E-state index in [9.17, 15) is 18.0 Å². The molecular formula is C10H10F3NO3. The van der Waals surface area contributed by atoms with E-state index in [0.29, 0.717) is 0 Å². The van der Waals surface area contributed by atoms with Gasteiger partial charge in [0.1, 0.15) is 6.10 Å². The van der Waals surface area contributed by atoms with Gasteiger partial charge < -0.3 is 5.11 Å². The van der Waals surface area contributed by atoms with Crippen molar-refractivity contribution in [3.05, 3.63) is 35.4 Å². The van der Waals surface area contributed by atoms with Crippen molar-refractivity contribution in [3.63, 3.8) is 0 Å². The molecule has 7 heteroatoms. The Kier molecular flexibility index (Phi) is 4.08. The van der Waals surface area contributed by atoms with Crippen molar-refractivity contribution < 1.29 is 27.9 Å². The first kappa shape index (κ1) is 13.5. The first-order valence-corrected chi connectivity index (χ1v) is 4.59. The van der Waals surface area contributed by atoms with Crippen LogP contribution in [0.4, 0.5) is 13.2 Å². The van der Waals surface area contributed by atoms with E-state index in [1.54, 1.807) is 0 Å². The molecule has 1 unspecified atom stereocenters. The molecule has 0 saturated carbocycles. The van der Waals surface area contributed by atoms with E-state index in [-0.39, 0.29) is 5.56 Å². The van der Waals surface area contributed by atoms with Gasteiger partial charge in [0.25, 0.3) is 0 Å². The van der Waals surface area contributed by atoms with Crippen LogP contribution in [0.3, 0.4) is 0 Å². The number of alkyl halides is 3. The van der Waals surface area contributed by atoms with Crippen LogP contribution in [0, 0.1) is 0 Å². The standard InChI is InChI=1S/C10H10F3NO3/c11-10(12,13)7-4-2-1-3-6(7)8(17-14)5-9(15)16/h1-4,8H,5,14H2,(H,15,16). The highest BCUT2D eigenvalue weighted by Gasteiger charge is 2.35. The lowest BCUT2D eigenvalue weighted by atomic mass is 10.00. The third kappa shape index (κ3) is 3.43. The number of benzene rings is 1. The van der Waals surface area contributed by atoms with E-state index < -0.39 is 30.2 Å². The van der Waals surface area contributed by atoms with Crippen LogP contribution in [0.25, 0.3) is 0 Å². The molecule has 1 aromatic carbocycles. The Morgan fingerprint density at radius 3 is 2.47 bits per heavy atom. The Morgan fingerprint density at radius 2 is 2.00 bits per heavy atom. The van der Waals surface area contributed by atoms with Gasteiger partial charge in [-0.3, -0.25) is 9.63 Å². The quantitative estimate of drug-likeness (QED) is 0.801. The van der Waals surface area contributed by atoms with E-state index in [4.69, 9.17) is 11.0 Å². The summed E-state index contributed by atoms with van der Waals surface area (Å²) >= 11 is 0. The molecule has 3 N–H and O–H groups in total. The Bertz CT molecular complexity index is 406. The molecule has 94 valence electrons. The van der Waals surface area contributed by atoms with Gasteiger partial charge in [0.05, 0.1) is 12.0 Å². The molecule has 0 radical (unpaired) electrons. The molecule has 1 atom stereocenters. The minimum atomic E-state index is -4.58. The van der Waals surface area contributed by atoms with Gasteiger partial charge in [0, 0.05) is 0 Å². The van der Waals surface area contributed by atoms with Crippen molar-refractivity contribution in [3.8, 4) is 0 Å². The van der Waals surface area contributed by atoms with E-state index in [2.05, 4.69) is 4.84 Å². The molecule has 0 spiro atoms. The van der Waals surface area contributed by atoms with Gasteiger partial charge in [-0.05, 0) is 11.6 Å². The van der Waals surface area contributed by atoms with Gasteiger partial charge >= 0.3 is 12.1 Å². The summed E-state index contributed by atoms with van der Waals surface area (Å²) in [7, 11) is 0. The van der Waals surface area contributed by atoms with Crippen LogP contribution >= 0.6 is 0 Å². The summed E-state index contributed by atoms with van der Waals surface area (Å²) in [6, 6.07) is 4.56. The topological polar surface area (TPSA) is 72.5 Å². The highest BCUT2D eigenvalue weighted by Crippen LogP contribution is 2.36. The molecule has 0 aliphatic heterocycles. The fourth-order valence-corrected chi connectivity index (χ4v) is 1.43.